The third-order valence-electron chi connectivity index (χ3n) is 9.50. The summed E-state index contributed by atoms with van der Waals surface area (Å²) in [6.45, 7) is 14.1. The average Bonchev–Trinajstić information content (AvgIpc) is 2.78. The number of fused-ring (bicyclic) bond motifs is 3. The Morgan fingerprint density at radius 1 is 1.18 bits per heavy atom. The first-order valence-electron chi connectivity index (χ1n) is 14.3. The van der Waals surface area contributed by atoms with Crippen LogP contribution < -0.4 is 4.89 Å². The molecular formula is C29H52NO9P. The molecule has 3 unspecified atom stereocenters. The number of carbonyl (C=O) groups is 1. The first-order chi connectivity index (χ1) is 18.2. The number of hydrogen-bond acceptors (Lipinski definition) is 9. The molecule has 0 spiro atoms. The second-order valence-electron chi connectivity index (χ2n) is 14.4. The molecule has 1 saturated heterocycles. The van der Waals surface area contributed by atoms with E-state index in [1.54, 1.807) is 6.08 Å². The zero-order chi connectivity index (χ0) is 30.4. The molecule has 1 aliphatic heterocycles. The molecule has 0 radical (unpaired) electrons. The number of ketones is 1. The predicted molar refractivity (Wildman–Crippen MR) is 149 cm³/mol. The summed E-state index contributed by atoms with van der Waals surface area (Å²) in [5, 5.41) is 12.0. The van der Waals surface area contributed by atoms with Crippen LogP contribution in [0.5, 0.6) is 0 Å². The summed E-state index contributed by atoms with van der Waals surface area (Å²) in [4.78, 5) is 26.2. The van der Waals surface area contributed by atoms with Crippen molar-refractivity contribution in [1.82, 2.24) is 0 Å². The highest BCUT2D eigenvalue weighted by Gasteiger charge is 2.71. The molecule has 3 fully saturated rings. The molecule has 1 N–H and O–H groups in total. The highest BCUT2D eigenvalue weighted by Crippen LogP contribution is 2.65. The van der Waals surface area contributed by atoms with E-state index in [2.05, 4.69) is 27.4 Å². The summed E-state index contributed by atoms with van der Waals surface area (Å²) >= 11 is 0. The fourth-order valence-corrected chi connectivity index (χ4v) is 8.57. The van der Waals surface area contributed by atoms with Crippen LogP contribution in [0.15, 0.2) is 12.7 Å². The molecular weight excluding hydrogens is 537 g/mol. The predicted octanol–water partition coefficient (Wildman–Crippen LogP) is 3.11. The van der Waals surface area contributed by atoms with Crippen LogP contribution in [0.4, 0.5) is 0 Å². The van der Waals surface area contributed by atoms with Crippen molar-refractivity contribution < 1.29 is 47.1 Å². The highest BCUT2D eigenvalue weighted by atomic mass is 31.2. The van der Waals surface area contributed by atoms with E-state index in [1.165, 1.54) is 7.11 Å². The van der Waals surface area contributed by atoms with E-state index in [4.69, 9.17) is 23.3 Å². The van der Waals surface area contributed by atoms with E-state index in [-0.39, 0.29) is 43.4 Å². The van der Waals surface area contributed by atoms with E-state index in [0.29, 0.717) is 11.0 Å². The lowest BCUT2D eigenvalue weighted by atomic mass is 9.42. The Morgan fingerprint density at radius 3 is 2.40 bits per heavy atom. The number of Topliss-reactive ketones (excluding diaryl/α,β-unsaturated/α-hetero) is 1. The van der Waals surface area contributed by atoms with Gasteiger partial charge < -0.3 is 37.7 Å². The molecule has 232 valence electrons. The SMILES string of the molecule is C=C[C@@]1(C)CC(=O)[C@H]2[C@](C)(O1)[C@@H](OCC(COP(=O)([O-])OCC[N+](C)(C)C)OC)[C@@H](O)C1C(C)(C)CCC[C@@]12C. The number of aliphatic hydroxyl groups is 1. The molecule has 11 heteroatoms. The number of methoxy groups -OCH3 is 1. The van der Waals surface area contributed by atoms with E-state index in [0.717, 1.165) is 19.3 Å². The van der Waals surface area contributed by atoms with Crippen LogP contribution in [0.25, 0.3) is 0 Å². The van der Waals surface area contributed by atoms with Gasteiger partial charge in [-0.15, -0.1) is 6.58 Å². The molecule has 2 saturated carbocycles. The first-order valence-corrected chi connectivity index (χ1v) is 15.8. The van der Waals surface area contributed by atoms with Gasteiger partial charge in [-0.05, 0) is 43.4 Å². The Morgan fingerprint density at radius 2 is 1.82 bits per heavy atom. The summed E-state index contributed by atoms with van der Waals surface area (Å²) in [5.41, 5.74) is -2.74. The molecule has 0 aromatic rings. The number of rotatable bonds is 12. The van der Waals surface area contributed by atoms with Gasteiger partial charge in [0.2, 0.25) is 0 Å². The minimum Gasteiger partial charge on any atom is -0.756 e. The van der Waals surface area contributed by atoms with Crippen LogP contribution in [0.2, 0.25) is 0 Å². The molecule has 0 aromatic carbocycles. The number of likely N-dealkylation sites (N-methyl/N-ethyl adjacent to an activating group) is 1. The van der Waals surface area contributed by atoms with E-state index < -0.39 is 48.7 Å². The van der Waals surface area contributed by atoms with Crippen molar-refractivity contribution in [3.8, 4) is 0 Å². The van der Waals surface area contributed by atoms with E-state index in [1.807, 2.05) is 35.0 Å². The number of hydrogen-bond donors (Lipinski definition) is 1. The lowest BCUT2D eigenvalue weighted by molar-refractivity contribution is -0.870. The number of carbonyl (C=O) groups excluding carboxylic acids is 1. The van der Waals surface area contributed by atoms with Gasteiger partial charge in [0.05, 0.1) is 52.0 Å². The Labute approximate surface area is 240 Å². The Balaban J connectivity index is 1.82. The highest BCUT2D eigenvalue weighted by molar-refractivity contribution is 7.45. The molecule has 2 aliphatic carbocycles. The monoisotopic (exact) mass is 589 g/mol. The van der Waals surface area contributed by atoms with Gasteiger partial charge in [-0.2, -0.15) is 0 Å². The summed E-state index contributed by atoms with van der Waals surface area (Å²) in [7, 11) is 2.68. The number of quaternary nitrogens is 1. The van der Waals surface area contributed by atoms with Crippen LogP contribution in [0.3, 0.4) is 0 Å². The summed E-state index contributed by atoms with van der Waals surface area (Å²) < 4.78 is 41.5. The molecule has 40 heavy (non-hydrogen) atoms. The van der Waals surface area contributed by atoms with Gasteiger partial charge in [-0.1, -0.05) is 33.3 Å². The van der Waals surface area contributed by atoms with Crippen LogP contribution in [-0.2, 0) is 32.6 Å². The Hall–Kier alpha value is -0.680. The Kier molecular flexibility index (Phi) is 9.96. The van der Waals surface area contributed by atoms with Gasteiger partial charge in [-0.3, -0.25) is 9.36 Å². The third kappa shape index (κ3) is 6.92. The molecule has 3 rings (SSSR count). The topological polar surface area (TPSA) is 124 Å². The van der Waals surface area contributed by atoms with Crippen molar-refractivity contribution in [2.75, 3.05) is 54.6 Å². The molecule has 10 nitrogen and oxygen atoms in total. The zero-order valence-electron chi connectivity index (χ0n) is 25.9. The fraction of sp³-hybridized carbons (Fsp3) is 0.897. The van der Waals surface area contributed by atoms with Crippen LogP contribution in [0.1, 0.15) is 60.3 Å². The lowest BCUT2D eigenvalue weighted by Gasteiger charge is -2.67. The average molecular weight is 590 g/mol. The number of nitrogens with zero attached hydrogens (tertiary/aromatic N) is 1. The van der Waals surface area contributed by atoms with Crippen LogP contribution in [-0.4, -0.2) is 99.5 Å². The summed E-state index contributed by atoms with van der Waals surface area (Å²) in [6, 6.07) is 0. The summed E-state index contributed by atoms with van der Waals surface area (Å²) in [5.74, 6) is -0.599. The normalized spacial score (nSPS) is 40.0. The van der Waals surface area contributed by atoms with Crippen molar-refractivity contribution in [2.45, 2.75) is 89.8 Å². The second-order valence-corrected chi connectivity index (χ2v) is 15.8. The molecule has 9 atom stereocenters. The van der Waals surface area contributed by atoms with Gasteiger partial charge in [0.25, 0.3) is 7.82 Å². The molecule has 1 heterocycles. The second kappa shape index (κ2) is 11.8. The third-order valence-corrected chi connectivity index (χ3v) is 10.5. The van der Waals surface area contributed by atoms with Crippen molar-refractivity contribution in [1.29, 1.82) is 0 Å². The Bertz CT molecular complexity index is 983. The largest absolute Gasteiger partial charge is 0.756 e. The van der Waals surface area contributed by atoms with Gasteiger partial charge in [0, 0.05) is 13.5 Å². The minimum absolute atomic E-state index is 0.00415. The molecule has 3 aliphatic rings. The van der Waals surface area contributed by atoms with E-state index in [9.17, 15) is 19.4 Å². The lowest BCUT2D eigenvalue weighted by Crippen LogP contribution is -2.75. The zero-order valence-corrected chi connectivity index (χ0v) is 26.8. The smallest absolute Gasteiger partial charge is 0.268 e. The van der Waals surface area contributed by atoms with Gasteiger partial charge in [0.15, 0.2) is 0 Å². The maximum Gasteiger partial charge on any atom is 0.268 e. The number of aliphatic hydroxyl groups excluding tert-OH is 1. The first kappa shape index (κ1) is 33.8. The maximum atomic E-state index is 13.9. The quantitative estimate of drug-likeness (QED) is 0.208. The molecule has 0 amide bonds. The minimum atomic E-state index is -4.55. The molecule has 0 aromatic heterocycles. The fourth-order valence-electron chi connectivity index (χ4n) is 7.84. The van der Waals surface area contributed by atoms with Gasteiger partial charge in [0.1, 0.15) is 36.7 Å². The van der Waals surface area contributed by atoms with Gasteiger partial charge in [-0.25, -0.2) is 0 Å². The molecule has 0 bridgehead atoms. The van der Waals surface area contributed by atoms with Crippen molar-refractivity contribution in [3.63, 3.8) is 0 Å². The summed E-state index contributed by atoms with van der Waals surface area (Å²) in [6.07, 6.45) is 2.00. The van der Waals surface area contributed by atoms with Gasteiger partial charge >= 0.3 is 0 Å². The number of ether oxygens (including phenoxy) is 3. The van der Waals surface area contributed by atoms with Crippen molar-refractivity contribution in [3.05, 3.63) is 12.7 Å². The standard InChI is InChI=1S/C29H52NO9P/c1-11-27(4)17-21(31)23-28(5)14-12-13-26(2,3)24(28)22(32)25(29(23,6)39-27)36-18-20(35-10)19-38-40(33,34)37-16-15-30(7,8)9/h11,20,22-25,32H,1,12-19H2,2-10H3/t20?,22-,23+,24?,25-,27-,28+,29-/m0/s1. The van der Waals surface area contributed by atoms with Crippen LogP contribution in [0, 0.1) is 22.7 Å². The van der Waals surface area contributed by atoms with Crippen molar-refractivity contribution >= 4 is 13.6 Å². The van der Waals surface area contributed by atoms with E-state index >= 15 is 0 Å². The number of phosphoric ester groups is 1. The van der Waals surface area contributed by atoms with Crippen LogP contribution >= 0.6 is 7.82 Å². The maximum absolute atomic E-state index is 13.9. The number of phosphoric acid groups is 1. The van der Waals surface area contributed by atoms with Crippen molar-refractivity contribution in [2.24, 2.45) is 22.7 Å².